The van der Waals surface area contributed by atoms with Crippen LogP contribution in [0.4, 0.5) is 0 Å². The Balaban J connectivity index is 1.47. The van der Waals surface area contributed by atoms with Gasteiger partial charge in [0.05, 0.1) is 18.3 Å². The summed E-state index contributed by atoms with van der Waals surface area (Å²) in [6, 6.07) is 5.50. The molecule has 29 heavy (non-hydrogen) atoms. The lowest BCUT2D eigenvalue weighted by atomic mass is 9.82. The number of nitrogens with one attached hydrogen (secondary N) is 1. The molecule has 1 atom stereocenters. The van der Waals surface area contributed by atoms with Crippen LogP contribution in [0, 0.1) is 17.2 Å². The zero-order chi connectivity index (χ0) is 20.9. The number of piperidine rings is 1. The number of hydrogen-bond acceptors (Lipinski definition) is 6. The molecule has 1 aromatic heterocycles. The molecular formula is C21H27N3O5. The van der Waals surface area contributed by atoms with Crippen LogP contribution in [-0.4, -0.2) is 47.4 Å². The van der Waals surface area contributed by atoms with Crippen LogP contribution in [0.25, 0.3) is 0 Å². The standard InChI is InChI=1S/C21H27N3O5/c1-15(18(25)23-21(14-22)9-3-2-4-10-21)29-20(27)16-7-11-24(12-8-16)19(26)17-6-5-13-28-17/h5-6,13,15-16H,2-4,7-12H2,1H3,(H,23,25). The Morgan fingerprint density at radius 1 is 1.28 bits per heavy atom. The van der Waals surface area contributed by atoms with Crippen LogP contribution in [0.3, 0.4) is 0 Å². The van der Waals surface area contributed by atoms with Gasteiger partial charge in [0.15, 0.2) is 11.9 Å². The zero-order valence-corrected chi connectivity index (χ0v) is 16.7. The molecule has 156 valence electrons. The highest BCUT2D eigenvalue weighted by atomic mass is 16.5. The van der Waals surface area contributed by atoms with Crippen molar-refractivity contribution in [2.45, 2.75) is 63.5 Å². The van der Waals surface area contributed by atoms with Gasteiger partial charge in [-0.3, -0.25) is 14.4 Å². The fourth-order valence-corrected chi connectivity index (χ4v) is 3.96. The number of carbonyl (C=O) groups excluding carboxylic acids is 3. The number of hydrogen-bond donors (Lipinski definition) is 1. The highest BCUT2D eigenvalue weighted by Gasteiger charge is 2.36. The Labute approximate surface area is 170 Å². The van der Waals surface area contributed by atoms with Crippen LogP contribution in [-0.2, 0) is 14.3 Å². The zero-order valence-electron chi connectivity index (χ0n) is 16.7. The summed E-state index contributed by atoms with van der Waals surface area (Å²) in [5, 5.41) is 12.3. The molecular weight excluding hydrogens is 374 g/mol. The summed E-state index contributed by atoms with van der Waals surface area (Å²) in [5.74, 6) is -1.14. The smallest absolute Gasteiger partial charge is 0.309 e. The molecule has 2 fully saturated rings. The van der Waals surface area contributed by atoms with Gasteiger partial charge in [-0.1, -0.05) is 19.3 Å². The molecule has 2 heterocycles. The van der Waals surface area contributed by atoms with Gasteiger partial charge in [-0.25, -0.2) is 0 Å². The quantitative estimate of drug-likeness (QED) is 0.758. The third-order valence-electron chi connectivity index (χ3n) is 5.79. The Kier molecular flexibility index (Phi) is 6.57. The van der Waals surface area contributed by atoms with Gasteiger partial charge >= 0.3 is 5.97 Å². The van der Waals surface area contributed by atoms with E-state index in [1.54, 1.807) is 17.0 Å². The second kappa shape index (κ2) is 9.12. The van der Waals surface area contributed by atoms with E-state index in [0.29, 0.717) is 38.8 Å². The normalized spacial score (nSPS) is 20.3. The first-order chi connectivity index (χ1) is 13.9. The van der Waals surface area contributed by atoms with Crippen LogP contribution >= 0.6 is 0 Å². The molecule has 1 saturated carbocycles. The van der Waals surface area contributed by atoms with E-state index in [1.165, 1.54) is 13.2 Å². The van der Waals surface area contributed by atoms with Gasteiger partial charge < -0.3 is 19.4 Å². The maximum atomic E-state index is 12.5. The van der Waals surface area contributed by atoms with Crippen molar-refractivity contribution >= 4 is 17.8 Å². The number of carbonyl (C=O) groups is 3. The lowest BCUT2D eigenvalue weighted by Crippen LogP contribution is -2.52. The molecule has 8 nitrogen and oxygen atoms in total. The Morgan fingerprint density at radius 3 is 2.55 bits per heavy atom. The van der Waals surface area contributed by atoms with Gasteiger partial charge in [0, 0.05) is 13.1 Å². The lowest BCUT2D eigenvalue weighted by Gasteiger charge is -2.33. The van der Waals surface area contributed by atoms with Crippen molar-refractivity contribution in [1.29, 1.82) is 5.26 Å². The largest absolute Gasteiger partial charge is 0.459 e. The van der Waals surface area contributed by atoms with Crippen LogP contribution < -0.4 is 5.32 Å². The summed E-state index contributed by atoms with van der Waals surface area (Å²) < 4.78 is 10.5. The van der Waals surface area contributed by atoms with Crippen molar-refractivity contribution in [2.75, 3.05) is 13.1 Å². The summed E-state index contributed by atoms with van der Waals surface area (Å²) >= 11 is 0. The predicted octanol–water partition coefficient (Wildman–Crippen LogP) is 2.41. The molecule has 0 spiro atoms. The average molecular weight is 401 g/mol. The summed E-state index contributed by atoms with van der Waals surface area (Å²) in [4.78, 5) is 38.9. The first-order valence-corrected chi connectivity index (χ1v) is 10.2. The summed E-state index contributed by atoms with van der Waals surface area (Å²) in [5.41, 5.74) is -0.854. The minimum Gasteiger partial charge on any atom is -0.459 e. The molecule has 8 heteroatoms. The molecule has 2 aliphatic rings. The van der Waals surface area contributed by atoms with Crippen LogP contribution in [0.5, 0.6) is 0 Å². The van der Waals surface area contributed by atoms with Crippen LogP contribution in [0.2, 0.25) is 0 Å². The van der Waals surface area contributed by atoms with Crippen LogP contribution in [0.15, 0.2) is 22.8 Å². The highest BCUT2D eigenvalue weighted by Crippen LogP contribution is 2.28. The molecule has 0 aromatic carbocycles. The average Bonchev–Trinajstić information content (AvgIpc) is 3.28. The molecule has 2 amide bonds. The van der Waals surface area contributed by atoms with E-state index < -0.39 is 23.5 Å². The predicted molar refractivity (Wildman–Crippen MR) is 102 cm³/mol. The monoisotopic (exact) mass is 401 g/mol. The number of nitriles is 1. The lowest BCUT2D eigenvalue weighted by molar-refractivity contribution is -0.160. The molecule has 1 aromatic rings. The van der Waals surface area contributed by atoms with Crippen molar-refractivity contribution < 1.29 is 23.5 Å². The van der Waals surface area contributed by atoms with Gasteiger partial charge in [-0.2, -0.15) is 5.26 Å². The fraction of sp³-hybridized carbons (Fsp3) is 0.619. The molecule has 1 unspecified atom stereocenters. The van der Waals surface area contributed by atoms with Crippen molar-refractivity contribution in [1.82, 2.24) is 10.2 Å². The Morgan fingerprint density at radius 2 is 1.97 bits per heavy atom. The molecule has 1 N–H and O–H groups in total. The number of ether oxygens (including phenoxy) is 1. The number of amides is 2. The molecule has 0 radical (unpaired) electrons. The van der Waals surface area contributed by atoms with E-state index in [2.05, 4.69) is 11.4 Å². The molecule has 0 bridgehead atoms. The van der Waals surface area contributed by atoms with E-state index in [0.717, 1.165) is 19.3 Å². The van der Waals surface area contributed by atoms with Crippen molar-refractivity contribution in [3.8, 4) is 6.07 Å². The fourth-order valence-electron chi connectivity index (χ4n) is 3.96. The molecule has 1 aliphatic heterocycles. The summed E-state index contributed by atoms with van der Waals surface area (Å²) in [6.45, 7) is 2.38. The minimum absolute atomic E-state index is 0.191. The van der Waals surface area contributed by atoms with Crippen molar-refractivity contribution in [2.24, 2.45) is 5.92 Å². The van der Waals surface area contributed by atoms with Gasteiger partial charge in [-0.05, 0) is 44.7 Å². The maximum Gasteiger partial charge on any atom is 0.309 e. The summed E-state index contributed by atoms with van der Waals surface area (Å²) in [6.07, 6.45) is 5.55. The van der Waals surface area contributed by atoms with Crippen LogP contribution in [0.1, 0.15) is 62.4 Å². The van der Waals surface area contributed by atoms with E-state index in [4.69, 9.17) is 9.15 Å². The number of nitrogens with zero attached hydrogens (tertiary/aromatic N) is 2. The third kappa shape index (κ3) is 4.97. The number of furan rings is 1. The van der Waals surface area contributed by atoms with Gasteiger partial charge in [0.1, 0.15) is 5.54 Å². The van der Waals surface area contributed by atoms with Crippen molar-refractivity contribution in [3.63, 3.8) is 0 Å². The highest BCUT2D eigenvalue weighted by molar-refractivity contribution is 5.91. The van der Waals surface area contributed by atoms with E-state index in [1.807, 2.05) is 0 Å². The Bertz CT molecular complexity index is 769. The molecule has 3 rings (SSSR count). The van der Waals surface area contributed by atoms with E-state index in [-0.39, 0.29) is 17.6 Å². The second-order valence-electron chi connectivity index (χ2n) is 7.87. The van der Waals surface area contributed by atoms with Gasteiger partial charge in [0.25, 0.3) is 11.8 Å². The Hall–Kier alpha value is -2.82. The van der Waals surface area contributed by atoms with Crippen molar-refractivity contribution in [3.05, 3.63) is 24.2 Å². The number of esters is 1. The first-order valence-electron chi connectivity index (χ1n) is 10.2. The van der Waals surface area contributed by atoms with Gasteiger partial charge in [-0.15, -0.1) is 0 Å². The second-order valence-corrected chi connectivity index (χ2v) is 7.87. The molecule has 1 saturated heterocycles. The SMILES string of the molecule is CC(OC(=O)C1CCN(C(=O)c2ccco2)CC1)C(=O)NC1(C#N)CCCCC1. The summed E-state index contributed by atoms with van der Waals surface area (Å²) in [7, 11) is 0. The molecule has 1 aliphatic carbocycles. The van der Waals surface area contributed by atoms with Gasteiger partial charge in [0.2, 0.25) is 0 Å². The third-order valence-corrected chi connectivity index (χ3v) is 5.79. The number of likely N-dealkylation sites (tertiary alicyclic amines) is 1. The van der Waals surface area contributed by atoms with E-state index in [9.17, 15) is 19.6 Å². The number of rotatable bonds is 5. The van der Waals surface area contributed by atoms with E-state index >= 15 is 0 Å². The minimum atomic E-state index is -0.961. The maximum absolute atomic E-state index is 12.5. The first kappa shape index (κ1) is 20.9. The topological polar surface area (TPSA) is 113 Å².